The molecule has 110 valence electrons. The summed E-state index contributed by atoms with van der Waals surface area (Å²) in [6.45, 7) is -0.0269. The van der Waals surface area contributed by atoms with Gasteiger partial charge in [0.15, 0.2) is 0 Å². The summed E-state index contributed by atoms with van der Waals surface area (Å²) in [4.78, 5) is 5.66. The lowest BCUT2D eigenvalue weighted by atomic mass is 10.3. The summed E-state index contributed by atoms with van der Waals surface area (Å²) in [5, 5.41) is 9.24. The SMILES string of the molecule is FCc1cccc(C#CCCn2nc3cccc(Cl)c3n2)n1. The second-order valence-corrected chi connectivity index (χ2v) is 5.01. The molecule has 4 nitrogen and oxygen atoms in total. The highest BCUT2D eigenvalue weighted by atomic mass is 35.5. The standard InChI is InChI=1S/C16H12ClFN4/c17-14-8-4-9-15-16(14)21-22(20-15)10-2-1-5-12-6-3-7-13(11-18)19-12/h3-4,6-9H,2,10-11H2. The molecule has 0 saturated carbocycles. The second kappa shape index (κ2) is 6.54. The van der Waals surface area contributed by atoms with Crippen LogP contribution in [0.1, 0.15) is 17.8 Å². The molecule has 0 saturated heterocycles. The minimum Gasteiger partial charge on any atom is -0.244 e. The summed E-state index contributed by atoms with van der Waals surface area (Å²) in [7, 11) is 0. The minimum atomic E-state index is -0.583. The van der Waals surface area contributed by atoms with Crippen molar-refractivity contribution >= 4 is 22.6 Å². The molecule has 0 aliphatic carbocycles. The highest BCUT2D eigenvalue weighted by Crippen LogP contribution is 2.19. The number of aromatic nitrogens is 4. The predicted molar refractivity (Wildman–Crippen MR) is 83.1 cm³/mol. The number of hydrogen-bond donors (Lipinski definition) is 0. The van der Waals surface area contributed by atoms with Gasteiger partial charge in [-0.2, -0.15) is 15.0 Å². The molecular formula is C16H12ClFN4. The zero-order valence-corrected chi connectivity index (χ0v) is 12.4. The molecule has 0 atom stereocenters. The largest absolute Gasteiger partial charge is 0.244 e. The quantitative estimate of drug-likeness (QED) is 0.696. The Morgan fingerprint density at radius 3 is 2.82 bits per heavy atom. The van der Waals surface area contributed by atoms with Crippen molar-refractivity contribution in [2.75, 3.05) is 0 Å². The van der Waals surface area contributed by atoms with Gasteiger partial charge in [-0.05, 0) is 30.2 Å². The first-order chi connectivity index (χ1) is 10.8. The van der Waals surface area contributed by atoms with Gasteiger partial charge in [0.2, 0.25) is 0 Å². The van der Waals surface area contributed by atoms with E-state index in [1.807, 2.05) is 12.1 Å². The Hall–Kier alpha value is -2.45. The van der Waals surface area contributed by atoms with E-state index in [9.17, 15) is 4.39 Å². The predicted octanol–water partition coefficient (Wildman–Crippen LogP) is 3.39. The van der Waals surface area contributed by atoms with Crippen LogP contribution in [0.25, 0.3) is 11.0 Å². The number of halogens is 2. The normalized spacial score (nSPS) is 10.5. The fourth-order valence-corrected chi connectivity index (χ4v) is 2.19. The van der Waals surface area contributed by atoms with Crippen LogP contribution in [0.2, 0.25) is 5.02 Å². The maximum atomic E-state index is 12.5. The van der Waals surface area contributed by atoms with Gasteiger partial charge in [0.05, 0.1) is 17.3 Å². The molecule has 0 N–H and O–H groups in total. The summed E-state index contributed by atoms with van der Waals surface area (Å²) in [5.41, 5.74) is 2.41. The van der Waals surface area contributed by atoms with Crippen LogP contribution in [0, 0.1) is 11.8 Å². The van der Waals surface area contributed by atoms with Gasteiger partial charge in [0, 0.05) is 6.42 Å². The smallest absolute Gasteiger partial charge is 0.131 e. The minimum absolute atomic E-state index is 0.390. The first kappa shape index (κ1) is 14.5. The molecule has 3 aromatic rings. The zero-order chi connectivity index (χ0) is 15.4. The fraction of sp³-hybridized carbons (Fsp3) is 0.188. The van der Waals surface area contributed by atoms with Crippen molar-refractivity contribution in [2.45, 2.75) is 19.6 Å². The van der Waals surface area contributed by atoms with Crippen LogP contribution >= 0.6 is 11.6 Å². The topological polar surface area (TPSA) is 43.6 Å². The molecule has 3 rings (SSSR count). The van der Waals surface area contributed by atoms with E-state index >= 15 is 0 Å². The van der Waals surface area contributed by atoms with Crippen LogP contribution in [-0.4, -0.2) is 20.0 Å². The highest BCUT2D eigenvalue weighted by molar-refractivity contribution is 6.34. The van der Waals surface area contributed by atoms with E-state index in [2.05, 4.69) is 27.0 Å². The molecule has 6 heteroatoms. The molecule has 0 spiro atoms. The lowest BCUT2D eigenvalue weighted by Gasteiger charge is -1.94. The Morgan fingerprint density at radius 1 is 1.14 bits per heavy atom. The van der Waals surface area contributed by atoms with Gasteiger partial charge in [-0.1, -0.05) is 29.7 Å². The van der Waals surface area contributed by atoms with Crippen LogP contribution in [0.5, 0.6) is 0 Å². The molecule has 0 bridgehead atoms. The van der Waals surface area contributed by atoms with E-state index in [0.717, 1.165) is 5.52 Å². The van der Waals surface area contributed by atoms with Crippen LogP contribution in [-0.2, 0) is 13.2 Å². The summed E-state index contributed by atoms with van der Waals surface area (Å²) < 4.78 is 12.5. The molecule has 2 heterocycles. The van der Waals surface area contributed by atoms with E-state index in [0.29, 0.717) is 34.9 Å². The van der Waals surface area contributed by atoms with Crippen molar-refractivity contribution in [1.29, 1.82) is 0 Å². The van der Waals surface area contributed by atoms with E-state index in [4.69, 9.17) is 11.6 Å². The molecule has 1 aromatic carbocycles. The van der Waals surface area contributed by atoms with Crippen molar-refractivity contribution < 1.29 is 4.39 Å². The van der Waals surface area contributed by atoms with Crippen LogP contribution < -0.4 is 0 Å². The molecule has 0 fully saturated rings. The first-order valence-electron chi connectivity index (χ1n) is 6.76. The Morgan fingerprint density at radius 2 is 2.00 bits per heavy atom. The lowest BCUT2D eigenvalue weighted by molar-refractivity contribution is 0.476. The number of fused-ring (bicyclic) bond motifs is 1. The van der Waals surface area contributed by atoms with Crippen molar-refractivity contribution in [3.8, 4) is 11.8 Å². The number of rotatable bonds is 3. The van der Waals surface area contributed by atoms with E-state index in [1.165, 1.54) is 0 Å². The maximum absolute atomic E-state index is 12.5. The number of aryl methyl sites for hydroxylation is 1. The Kier molecular flexibility index (Phi) is 4.31. The number of benzene rings is 1. The molecule has 0 amide bonds. The molecule has 0 aliphatic rings. The third-order valence-electron chi connectivity index (χ3n) is 3.00. The van der Waals surface area contributed by atoms with Crippen molar-refractivity contribution in [3.63, 3.8) is 0 Å². The van der Waals surface area contributed by atoms with Crippen LogP contribution in [0.15, 0.2) is 36.4 Å². The Balaban J connectivity index is 1.67. The number of pyridine rings is 1. The summed E-state index contributed by atoms with van der Waals surface area (Å²) >= 11 is 6.06. The molecule has 0 unspecified atom stereocenters. The van der Waals surface area contributed by atoms with Gasteiger partial charge in [-0.3, -0.25) is 0 Å². The van der Waals surface area contributed by atoms with E-state index in [1.54, 1.807) is 29.1 Å². The number of nitrogens with zero attached hydrogens (tertiary/aromatic N) is 4. The first-order valence-corrected chi connectivity index (χ1v) is 7.14. The summed E-state index contributed by atoms with van der Waals surface area (Å²) in [6, 6.07) is 10.6. The molecule has 0 radical (unpaired) electrons. The fourth-order valence-electron chi connectivity index (χ4n) is 1.98. The zero-order valence-electron chi connectivity index (χ0n) is 11.6. The van der Waals surface area contributed by atoms with Gasteiger partial charge in [0.25, 0.3) is 0 Å². The highest BCUT2D eigenvalue weighted by Gasteiger charge is 2.04. The van der Waals surface area contributed by atoms with E-state index < -0.39 is 6.67 Å². The van der Waals surface area contributed by atoms with E-state index in [-0.39, 0.29) is 0 Å². The molecular weight excluding hydrogens is 303 g/mol. The van der Waals surface area contributed by atoms with Crippen LogP contribution in [0.3, 0.4) is 0 Å². The van der Waals surface area contributed by atoms with Gasteiger partial charge in [-0.25, -0.2) is 9.37 Å². The number of alkyl halides is 1. The van der Waals surface area contributed by atoms with Crippen molar-refractivity contribution in [2.24, 2.45) is 0 Å². The average molecular weight is 315 g/mol. The third kappa shape index (κ3) is 3.23. The maximum Gasteiger partial charge on any atom is 0.131 e. The summed E-state index contributed by atoms with van der Waals surface area (Å²) in [6.07, 6.45) is 0.570. The lowest BCUT2D eigenvalue weighted by Crippen LogP contribution is -2.01. The second-order valence-electron chi connectivity index (χ2n) is 4.60. The van der Waals surface area contributed by atoms with Gasteiger partial charge < -0.3 is 0 Å². The monoisotopic (exact) mass is 314 g/mol. The van der Waals surface area contributed by atoms with Gasteiger partial charge in [-0.15, -0.1) is 0 Å². The molecule has 2 aromatic heterocycles. The van der Waals surface area contributed by atoms with Crippen LogP contribution in [0.4, 0.5) is 4.39 Å². The number of hydrogen-bond acceptors (Lipinski definition) is 3. The average Bonchev–Trinajstić information content (AvgIpc) is 2.96. The van der Waals surface area contributed by atoms with Gasteiger partial charge in [0.1, 0.15) is 23.4 Å². The van der Waals surface area contributed by atoms with Crippen molar-refractivity contribution in [3.05, 3.63) is 52.8 Å². The Labute approximate surface area is 131 Å². The third-order valence-corrected chi connectivity index (χ3v) is 3.31. The van der Waals surface area contributed by atoms with Crippen molar-refractivity contribution in [1.82, 2.24) is 20.0 Å². The molecule has 22 heavy (non-hydrogen) atoms. The molecule has 0 aliphatic heterocycles. The Bertz CT molecular complexity index is 863. The summed E-state index contributed by atoms with van der Waals surface area (Å²) in [5.74, 6) is 5.90. The van der Waals surface area contributed by atoms with Gasteiger partial charge >= 0.3 is 0 Å².